The molecule has 0 aromatic heterocycles. The number of carbonyl (C=O) groups is 1. The van der Waals surface area contributed by atoms with Crippen LogP contribution in [0.2, 0.25) is 0 Å². The zero-order valence-electron chi connectivity index (χ0n) is 8.78. The molecule has 0 unspecified atom stereocenters. The molecule has 2 aliphatic rings. The molecule has 2 amide bonds. The smallest absolute Gasteiger partial charge is 0.319 e. The van der Waals surface area contributed by atoms with E-state index in [1.807, 2.05) is 16.8 Å². The molecular formula is C10H19N3O. The number of urea groups is 1. The van der Waals surface area contributed by atoms with Gasteiger partial charge < -0.3 is 15.5 Å². The Balaban J connectivity index is 1.84. The van der Waals surface area contributed by atoms with Crippen molar-refractivity contribution in [1.82, 2.24) is 9.80 Å². The van der Waals surface area contributed by atoms with Crippen LogP contribution in [-0.4, -0.2) is 48.1 Å². The highest BCUT2D eigenvalue weighted by atomic mass is 16.2. The van der Waals surface area contributed by atoms with Gasteiger partial charge in [-0.1, -0.05) is 0 Å². The Morgan fingerprint density at radius 2 is 1.93 bits per heavy atom. The normalized spacial score (nSPS) is 31.4. The third-order valence-electron chi connectivity index (χ3n) is 3.38. The van der Waals surface area contributed by atoms with Crippen LogP contribution in [-0.2, 0) is 0 Å². The molecule has 2 rings (SSSR count). The van der Waals surface area contributed by atoms with E-state index >= 15 is 0 Å². The van der Waals surface area contributed by atoms with Crippen LogP contribution < -0.4 is 5.73 Å². The molecule has 2 fully saturated rings. The van der Waals surface area contributed by atoms with Gasteiger partial charge in [0.15, 0.2) is 0 Å². The number of hydrogen-bond acceptors (Lipinski definition) is 2. The zero-order chi connectivity index (χ0) is 10.1. The van der Waals surface area contributed by atoms with E-state index in [-0.39, 0.29) is 6.03 Å². The Hall–Kier alpha value is -0.770. The predicted octanol–water partition coefficient (Wildman–Crippen LogP) is 0.624. The number of likely N-dealkylation sites (tertiary alicyclic amines) is 1. The number of hydrogen-bond donors (Lipinski definition) is 1. The van der Waals surface area contributed by atoms with Crippen LogP contribution in [0.5, 0.6) is 0 Å². The fourth-order valence-corrected chi connectivity index (χ4v) is 2.23. The van der Waals surface area contributed by atoms with Crippen molar-refractivity contribution in [1.29, 1.82) is 0 Å². The molecule has 0 aromatic rings. The molecule has 0 bridgehead atoms. The lowest BCUT2D eigenvalue weighted by Gasteiger charge is -2.40. The molecule has 0 atom stereocenters. The third kappa shape index (κ3) is 1.71. The lowest BCUT2D eigenvalue weighted by molar-refractivity contribution is 0.120. The van der Waals surface area contributed by atoms with Gasteiger partial charge in [0.25, 0.3) is 0 Å². The minimum Gasteiger partial charge on any atom is -0.328 e. The predicted molar refractivity (Wildman–Crippen MR) is 55.0 cm³/mol. The van der Waals surface area contributed by atoms with Crippen LogP contribution in [0.15, 0.2) is 0 Å². The van der Waals surface area contributed by atoms with Gasteiger partial charge in [-0.25, -0.2) is 4.79 Å². The largest absolute Gasteiger partial charge is 0.328 e. The summed E-state index contributed by atoms with van der Waals surface area (Å²) in [5.41, 5.74) is 5.71. The van der Waals surface area contributed by atoms with Crippen LogP contribution in [0.1, 0.15) is 25.7 Å². The first-order valence-corrected chi connectivity index (χ1v) is 5.46. The van der Waals surface area contributed by atoms with E-state index in [1.165, 1.54) is 0 Å². The number of nitrogens with two attached hydrogens (primary N) is 1. The Labute approximate surface area is 85.0 Å². The van der Waals surface area contributed by atoms with E-state index in [0.29, 0.717) is 12.1 Å². The molecule has 2 N–H and O–H groups in total. The van der Waals surface area contributed by atoms with Crippen molar-refractivity contribution < 1.29 is 4.79 Å². The molecule has 4 nitrogen and oxygen atoms in total. The summed E-state index contributed by atoms with van der Waals surface area (Å²) < 4.78 is 0. The first-order chi connectivity index (χ1) is 6.68. The molecule has 4 heteroatoms. The Morgan fingerprint density at radius 3 is 2.43 bits per heavy atom. The SMILES string of the molecule is CN(C(=O)N1CCCC1)C1CC(N)C1. The van der Waals surface area contributed by atoms with Gasteiger partial charge in [-0.05, 0) is 25.7 Å². The van der Waals surface area contributed by atoms with Crippen LogP contribution in [0.4, 0.5) is 4.79 Å². The van der Waals surface area contributed by atoms with Crippen molar-refractivity contribution in [2.75, 3.05) is 20.1 Å². The topological polar surface area (TPSA) is 49.6 Å². The van der Waals surface area contributed by atoms with E-state index in [9.17, 15) is 4.79 Å². The monoisotopic (exact) mass is 197 g/mol. The summed E-state index contributed by atoms with van der Waals surface area (Å²) in [5.74, 6) is 0. The molecule has 1 aliphatic carbocycles. The van der Waals surface area contributed by atoms with Gasteiger partial charge in [0, 0.05) is 32.2 Å². The first-order valence-electron chi connectivity index (χ1n) is 5.46. The molecule has 1 aliphatic heterocycles. The molecular weight excluding hydrogens is 178 g/mol. The van der Waals surface area contributed by atoms with Crippen LogP contribution in [0.25, 0.3) is 0 Å². The maximum Gasteiger partial charge on any atom is 0.319 e. The summed E-state index contributed by atoms with van der Waals surface area (Å²) in [6.07, 6.45) is 4.25. The summed E-state index contributed by atoms with van der Waals surface area (Å²) in [5, 5.41) is 0. The van der Waals surface area contributed by atoms with Gasteiger partial charge in [-0.3, -0.25) is 0 Å². The number of carbonyl (C=O) groups excluding carboxylic acids is 1. The van der Waals surface area contributed by atoms with Gasteiger partial charge in [0.1, 0.15) is 0 Å². The van der Waals surface area contributed by atoms with Crippen molar-refractivity contribution in [2.45, 2.75) is 37.8 Å². The summed E-state index contributed by atoms with van der Waals surface area (Å²) in [7, 11) is 1.90. The molecule has 1 heterocycles. The fourth-order valence-electron chi connectivity index (χ4n) is 2.23. The van der Waals surface area contributed by atoms with E-state index in [4.69, 9.17) is 5.73 Å². The van der Waals surface area contributed by atoms with Crippen LogP contribution >= 0.6 is 0 Å². The Kier molecular flexibility index (Phi) is 2.63. The van der Waals surface area contributed by atoms with E-state index in [0.717, 1.165) is 38.8 Å². The summed E-state index contributed by atoms with van der Waals surface area (Å²) >= 11 is 0. The minimum atomic E-state index is 0.194. The van der Waals surface area contributed by atoms with Crippen molar-refractivity contribution in [3.63, 3.8) is 0 Å². The van der Waals surface area contributed by atoms with Crippen LogP contribution in [0, 0.1) is 0 Å². The lowest BCUT2D eigenvalue weighted by atomic mass is 9.87. The molecule has 80 valence electrons. The van der Waals surface area contributed by atoms with Crippen molar-refractivity contribution in [2.24, 2.45) is 5.73 Å². The number of rotatable bonds is 1. The maximum atomic E-state index is 11.9. The van der Waals surface area contributed by atoms with Gasteiger partial charge in [-0.2, -0.15) is 0 Å². The second-order valence-corrected chi connectivity index (χ2v) is 4.47. The van der Waals surface area contributed by atoms with Gasteiger partial charge in [0.05, 0.1) is 0 Å². The van der Waals surface area contributed by atoms with Crippen LogP contribution in [0.3, 0.4) is 0 Å². The Bertz CT molecular complexity index is 219. The molecule has 1 saturated heterocycles. The fraction of sp³-hybridized carbons (Fsp3) is 0.900. The average Bonchev–Trinajstić information content (AvgIpc) is 2.63. The average molecular weight is 197 g/mol. The van der Waals surface area contributed by atoms with Crippen molar-refractivity contribution in [3.05, 3.63) is 0 Å². The van der Waals surface area contributed by atoms with Gasteiger partial charge >= 0.3 is 6.03 Å². The highest BCUT2D eigenvalue weighted by molar-refractivity contribution is 5.74. The van der Waals surface area contributed by atoms with Crippen molar-refractivity contribution >= 4 is 6.03 Å². The highest BCUT2D eigenvalue weighted by Gasteiger charge is 2.33. The second kappa shape index (κ2) is 3.77. The second-order valence-electron chi connectivity index (χ2n) is 4.47. The van der Waals surface area contributed by atoms with E-state index < -0.39 is 0 Å². The first kappa shape index (κ1) is 9.77. The molecule has 14 heavy (non-hydrogen) atoms. The maximum absolute atomic E-state index is 11.9. The quantitative estimate of drug-likeness (QED) is 0.670. The molecule has 1 saturated carbocycles. The summed E-state index contributed by atoms with van der Waals surface area (Å²) in [6, 6.07) is 0.895. The van der Waals surface area contributed by atoms with Gasteiger partial charge in [-0.15, -0.1) is 0 Å². The molecule has 0 aromatic carbocycles. The molecule has 0 spiro atoms. The number of nitrogens with zero attached hydrogens (tertiary/aromatic N) is 2. The summed E-state index contributed by atoms with van der Waals surface area (Å²) in [6.45, 7) is 1.86. The minimum absolute atomic E-state index is 0.194. The summed E-state index contributed by atoms with van der Waals surface area (Å²) in [4.78, 5) is 15.7. The highest BCUT2D eigenvalue weighted by Crippen LogP contribution is 2.24. The lowest BCUT2D eigenvalue weighted by Crippen LogP contribution is -2.54. The third-order valence-corrected chi connectivity index (χ3v) is 3.38. The standard InChI is InChI=1S/C10H19N3O/c1-12(9-6-8(11)7-9)10(14)13-4-2-3-5-13/h8-9H,2-7,11H2,1H3. The van der Waals surface area contributed by atoms with E-state index in [1.54, 1.807) is 0 Å². The molecule has 0 radical (unpaired) electrons. The Morgan fingerprint density at radius 1 is 1.36 bits per heavy atom. The zero-order valence-corrected chi connectivity index (χ0v) is 8.78. The van der Waals surface area contributed by atoms with Crippen molar-refractivity contribution in [3.8, 4) is 0 Å². The van der Waals surface area contributed by atoms with E-state index in [2.05, 4.69) is 0 Å². The number of amides is 2. The van der Waals surface area contributed by atoms with Gasteiger partial charge in [0.2, 0.25) is 0 Å².